The number of hydrogen-bond acceptors (Lipinski definition) is 3. The third-order valence-corrected chi connectivity index (χ3v) is 5.13. The van der Waals surface area contributed by atoms with Crippen LogP contribution in [0.4, 0.5) is 16.2 Å². The van der Waals surface area contributed by atoms with E-state index in [0.717, 1.165) is 5.56 Å². The van der Waals surface area contributed by atoms with Crippen LogP contribution in [0, 0.1) is 6.92 Å². The molecular weight excluding hydrogens is 338 g/mol. The molecule has 0 heterocycles. The molecule has 0 radical (unpaired) electrons. The van der Waals surface area contributed by atoms with Crippen LogP contribution in [0.5, 0.6) is 0 Å². The van der Waals surface area contributed by atoms with Gasteiger partial charge in [-0.05, 0) is 62.7 Å². The van der Waals surface area contributed by atoms with Crippen LogP contribution in [0.1, 0.15) is 19.4 Å². The number of nitrogens with one attached hydrogen (secondary N) is 2. The van der Waals surface area contributed by atoms with Gasteiger partial charge in [0.25, 0.3) is 10.0 Å². The molecule has 0 aromatic heterocycles. The summed E-state index contributed by atoms with van der Waals surface area (Å²) >= 11 is 0. The molecule has 25 heavy (non-hydrogen) atoms. The van der Waals surface area contributed by atoms with Crippen molar-refractivity contribution < 1.29 is 13.2 Å². The summed E-state index contributed by atoms with van der Waals surface area (Å²) in [5, 5.41) is 2.75. The van der Waals surface area contributed by atoms with Crippen molar-refractivity contribution in [2.75, 3.05) is 23.1 Å². The molecule has 6 nitrogen and oxygen atoms in total. The number of nitrogens with zero attached hydrogens (tertiary/aromatic N) is 1. The van der Waals surface area contributed by atoms with Gasteiger partial charge in [0.15, 0.2) is 0 Å². The summed E-state index contributed by atoms with van der Waals surface area (Å²) in [7, 11) is -3.67. The zero-order chi connectivity index (χ0) is 18.4. The summed E-state index contributed by atoms with van der Waals surface area (Å²) in [5.74, 6) is 0. The molecule has 0 aliphatic heterocycles. The first-order chi connectivity index (χ1) is 11.9. The van der Waals surface area contributed by atoms with Gasteiger partial charge in [-0.15, -0.1) is 0 Å². The van der Waals surface area contributed by atoms with Gasteiger partial charge in [-0.25, -0.2) is 13.2 Å². The van der Waals surface area contributed by atoms with Crippen LogP contribution in [0.3, 0.4) is 0 Å². The Balaban J connectivity index is 2.11. The van der Waals surface area contributed by atoms with E-state index in [1.54, 1.807) is 35.2 Å². The lowest BCUT2D eigenvalue weighted by molar-refractivity contribution is 0.217. The number of urea groups is 1. The molecule has 0 saturated carbocycles. The molecule has 2 aromatic rings. The Bertz CT molecular complexity index is 829. The van der Waals surface area contributed by atoms with E-state index < -0.39 is 10.0 Å². The van der Waals surface area contributed by atoms with Crippen molar-refractivity contribution in [3.05, 3.63) is 54.1 Å². The average molecular weight is 361 g/mol. The molecule has 0 aliphatic carbocycles. The average Bonchev–Trinajstić information content (AvgIpc) is 2.56. The Kier molecular flexibility index (Phi) is 6.03. The number of aryl methyl sites for hydroxylation is 1. The lowest BCUT2D eigenvalue weighted by Gasteiger charge is -2.19. The van der Waals surface area contributed by atoms with Gasteiger partial charge in [0.2, 0.25) is 0 Å². The standard InChI is InChI=1S/C18H23N3O3S/c1-4-21(5-2)18(22)19-15-9-11-17(12-10-15)25(23,24)20-16-8-6-7-14(3)13-16/h6-13,20H,4-5H2,1-3H3,(H,19,22). The minimum Gasteiger partial charge on any atom is -0.325 e. The second-order valence-electron chi connectivity index (χ2n) is 5.60. The van der Waals surface area contributed by atoms with Crippen molar-refractivity contribution in [1.29, 1.82) is 0 Å². The maximum Gasteiger partial charge on any atom is 0.321 e. The van der Waals surface area contributed by atoms with Crippen LogP contribution in [-0.4, -0.2) is 32.4 Å². The van der Waals surface area contributed by atoms with Crippen molar-refractivity contribution in [3.63, 3.8) is 0 Å². The van der Waals surface area contributed by atoms with E-state index in [2.05, 4.69) is 10.0 Å². The molecule has 134 valence electrons. The van der Waals surface area contributed by atoms with Crippen molar-refractivity contribution >= 4 is 27.4 Å². The minimum atomic E-state index is -3.67. The third kappa shape index (κ3) is 4.96. The van der Waals surface area contributed by atoms with Gasteiger partial charge >= 0.3 is 6.03 Å². The highest BCUT2D eigenvalue weighted by atomic mass is 32.2. The number of sulfonamides is 1. The monoisotopic (exact) mass is 361 g/mol. The fourth-order valence-electron chi connectivity index (χ4n) is 2.35. The Hall–Kier alpha value is -2.54. The van der Waals surface area contributed by atoms with Gasteiger partial charge in [0.1, 0.15) is 0 Å². The van der Waals surface area contributed by atoms with Crippen LogP contribution in [0.2, 0.25) is 0 Å². The second-order valence-corrected chi connectivity index (χ2v) is 7.28. The summed E-state index contributed by atoms with van der Waals surface area (Å²) in [6, 6.07) is 13.0. The molecule has 0 bridgehead atoms. The van der Waals surface area contributed by atoms with Crippen LogP contribution in [-0.2, 0) is 10.0 Å². The maximum atomic E-state index is 12.4. The first kappa shape index (κ1) is 18.8. The molecule has 2 N–H and O–H groups in total. The lowest BCUT2D eigenvalue weighted by atomic mass is 10.2. The van der Waals surface area contributed by atoms with E-state index in [0.29, 0.717) is 24.5 Å². The zero-order valence-electron chi connectivity index (χ0n) is 14.6. The number of hydrogen-bond donors (Lipinski definition) is 2. The van der Waals surface area contributed by atoms with Crippen molar-refractivity contribution in [2.45, 2.75) is 25.7 Å². The third-order valence-electron chi connectivity index (χ3n) is 3.74. The number of anilines is 2. The Morgan fingerprint density at radius 2 is 1.64 bits per heavy atom. The minimum absolute atomic E-state index is 0.134. The van der Waals surface area contributed by atoms with Gasteiger partial charge < -0.3 is 10.2 Å². The second kappa shape index (κ2) is 8.02. The summed E-state index contributed by atoms with van der Waals surface area (Å²) in [5.41, 5.74) is 2.03. The highest BCUT2D eigenvalue weighted by Crippen LogP contribution is 2.19. The van der Waals surface area contributed by atoms with Crippen molar-refractivity contribution in [1.82, 2.24) is 4.90 Å². The Morgan fingerprint density at radius 3 is 2.20 bits per heavy atom. The first-order valence-electron chi connectivity index (χ1n) is 8.11. The van der Waals surface area contributed by atoms with Gasteiger partial charge in [0.05, 0.1) is 4.90 Å². The Morgan fingerprint density at radius 1 is 1.00 bits per heavy atom. The molecule has 0 aliphatic rings. The quantitative estimate of drug-likeness (QED) is 0.824. The molecule has 0 unspecified atom stereocenters. The molecule has 2 aromatic carbocycles. The maximum absolute atomic E-state index is 12.4. The summed E-state index contributed by atoms with van der Waals surface area (Å²) < 4.78 is 27.4. The van der Waals surface area contributed by atoms with Crippen molar-refractivity contribution in [3.8, 4) is 0 Å². The molecule has 0 atom stereocenters. The first-order valence-corrected chi connectivity index (χ1v) is 9.59. The van der Waals surface area contributed by atoms with Gasteiger partial charge in [-0.3, -0.25) is 4.72 Å². The lowest BCUT2D eigenvalue weighted by Crippen LogP contribution is -2.34. The van der Waals surface area contributed by atoms with E-state index in [9.17, 15) is 13.2 Å². The highest BCUT2D eigenvalue weighted by molar-refractivity contribution is 7.92. The number of rotatable bonds is 6. The van der Waals surface area contributed by atoms with Gasteiger partial charge in [0, 0.05) is 24.5 Å². The normalized spacial score (nSPS) is 11.0. The molecule has 0 fully saturated rings. The van der Waals surface area contributed by atoms with Crippen LogP contribution >= 0.6 is 0 Å². The summed E-state index contributed by atoms with van der Waals surface area (Å²) in [4.78, 5) is 13.8. The fraction of sp³-hybridized carbons (Fsp3) is 0.278. The van der Waals surface area contributed by atoms with Crippen LogP contribution < -0.4 is 10.0 Å². The van der Waals surface area contributed by atoms with E-state index in [1.807, 2.05) is 26.8 Å². The molecular formula is C18H23N3O3S. The number of benzene rings is 2. The molecule has 2 rings (SSSR count). The van der Waals surface area contributed by atoms with Crippen LogP contribution in [0.25, 0.3) is 0 Å². The van der Waals surface area contributed by atoms with Crippen LogP contribution in [0.15, 0.2) is 53.4 Å². The summed E-state index contributed by atoms with van der Waals surface area (Å²) in [6.07, 6.45) is 0. The number of carbonyl (C=O) groups excluding carboxylic acids is 1. The van der Waals surface area contributed by atoms with E-state index in [4.69, 9.17) is 0 Å². The predicted molar refractivity (Wildman–Crippen MR) is 100 cm³/mol. The zero-order valence-corrected chi connectivity index (χ0v) is 15.4. The van der Waals surface area contributed by atoms with E-state index in [-0.39, 0.29) is 10.9 Å². The number of carbonyl (C=O) groups is 1. The number of amides is 2. The SMILES string of the molecule is CCN(CC)C(=O)Nc1ccc(S(=O)(=O)Nc2cccc(C)c2)cc1. The molecule has 7 heteroatoms. The van der Waals surface area contributed by atoms with Crippen molar-refractivity contribution in [2.24, 2.45) is 0 Å². The fourth-order valence-corrected chi connectivity index (χ4v) is 3.40. The topological polar surface area (TPSA) is 78.5 Å². The summed E-state index contributed by atoms with van der Waals surface area (Å²) in [6.45, 7) is 6.90. The Labute approximate surface area is 148 Å². The molecule has 0 spiro atoms. The highest BCUT2D eigenvalue weighted by Gasteiger charge is 2.15. The van der Waals surface area contributed by atoms with E-state index in [1.165, 1.54) is 12.1 Å². The predicted octanol–water partition coefficient (Wildman–Crippen LogP) is 3.67. The molecule has 2 amide bonds. The van der Waals surface area contributed by atoms with E-state index >= 15 is 0 Å². The van der Waals surface area contributed by atoms with Gasteiger partial charge in [-0.2, -0.15) is 0 Å². The smallest absolute Gasteiger partial charge is 0.321 e. The molecule has 0 saturated heterocycles. The van der Waals surface area contributed by atoms with Gasteiger partial charge in [-0.1, -0.05) is 12.1 Å². The largest absolute Gasteiger partial charge is 0.325 e.